The van der Waals surface area contributed by atoms with Crippen LogP contribution in [0.2, 0.25) is 0 Å². The van der Waals surface area contributed by atoms with Gasteiger partial charge in [0.15, 0.2) is 5.82 Å². The second kappa shape index (κ2) is 16.6. The zero-order valence-corrected chi connectivity index (χ0v) is 32.5. The number of carbonyl (C=O) groups excluding carboxylic acids is 1. The van der Waals surface area contributed by atoms with E-state index in [0.717, 1.165) is 78.5 Å². The Bertz CT molecular complexity index is 2610. The maximum absolute atomic E-state index is 13.6. The van der Waals surface area contributed by atoms with Crippen LogP contribution in [0, 0.1) is 10.1 Å². The fourth-order valence-corrected chi connectivity index (χ4v) is 7.93. The molecule has 2 heterocycles. The number of nitro groups is 1. The van der Waals surface area contributed by atoms with Crippen molar-refractivity contribution in [3.63, 3.8) is 0 Å². The molecule has 1 fully saturated rings. The number of benzene rings is 5. The predicted octanol–water partition coefficient (Wildman–Crippen LogP) is 7.92. The first-order valence-electron chi connectivity index (χ1n) is 18.2. The SMILES string of the molecule is CN(C(=O)N(C)c1ccc(S(=O)(=O)Nc2ncnc3cc(N4CCN(Cc5ccccc5-c5ccccc5)CC4)ccc23)cc1[N+](=O)[O-])c1ccc(OC(F)(F)F)cc1. The maximum atomic E-state index is 13.6. The molecule has 6 aromatic rings. The van der Waals surface area contributed by atoms with Crippen LogP contribution >= 0.6 is 0 Å². The number of hydrogen-bond donors (Lipinski definition) is 1. The second-order valence-corrected chi connectivity index (χ2v) is 15.3. The molecule has 59 heavy (non-hydrogen) atoms. The summed E-state index contributed by atoms with van der Waals surface area (Å²) < 4.78 is 71.3. The third-order valence-electron chi connectivity index (χ3n) is 9.93. The first-order valence-corrected chi connectivity index (χ1v) is 19.7. The number of nitrogens with one attached hydrogen (secondary N) is 1. The molecular formula is C41H37F3N8O6S. The van der Waals surface area contributed by atoms with E-state index in [9.17, 15) is 36.5 Å². The van der Waals surface area contributed by atoms with Crippen molar-refractivity contribution in [2.45, 2.75) is 17.8 Å². The first-order chi connectivity index (χ1) is 28.2. The molecule has 2 amide bonds. The minimum atomic E-state index is -4.90. The second-order valence-electron chi connectivity index (χ2n) is 13.7. The third-order valence-corrected chi connectivity index (χ3v) is 11.3. The Balaban J connectivity index is 1.03. The van der Waals surface area contributed by atoms with Crippen molar-refractivity contribution < 1.29 is 36.0 Å². The molecule has 1 aromatic heterocycles. The van der Waals surface area contributed by atoms with Gasteiger partial charge in [-0.25, -0.2) is 23.2 Å². The number of anilines is 4. The van der Waals surface area contributed by atoms with E-state index in [2.05, 4.69) is 65.6 Å². The summed E-state index contributed by atoms with van der Waals surface area (Å²) in [5.41, 5.74) is 4.29. The number of amides is 2. The molecule has 1 aliphatic heterocycles. The lowest BCUT2D eigenvalue weighted by atomic mass is 9.99. The van der Waals surface area contributed by atoms with Crippen LogP contribution in [0.1, 0.15) is 5.56 Å². The van der Waals surface area contributed by atoms with E-state index >= 15 is 0 Å². The van der Waals surface area contributed by atoms with E-state index in [4.69, 9.17) is 0 Å². The van der Waals surface area contributed by atoms with Gasteiger partial charge in [-0.3, -0.25) is 29.5 Å². The highest BCUT2D eigenvalue weighted by molar-refractivity contribution is 7.92. The van der Waals surface area contributed by atoms with Crippen LogP contribution in [0.3, 0.4) is 0 Å². The van der Waals surface area contributed by atoms with Crippen LogP contribution in [0.4, 0.5) is 46.5 Å². The van der Waals surface area contributed by atoms with Gasteiger partial charge in [-0.15, -0.1) is 13.2 Å². The van der Waals surface area contributed by atoms with Gasteiger partial charge < -0.3 is 9.64 Å². The standard InChI is InChI=1S/C41H37F3N8O6S/c1-48(30-12-15-32(16-13-30)58-41(42,43)44)40(53)49(2)37-19-17-33(25-38(37)52(54)55)59(56,57)47-39-35-18-14-31(24-36(35)45-27-46-39)51-22-20-50(21-23-51)26-29-10-6-7-11-34(29)28-8-4-3-5-9-28/h3-19,24-25,27H,20-23,26H2,1-2H3,(H,45,46,47). The summed E-state index contributed by atoms with van der Waals surface area (Å²) in [6.07, 6.45) is -3.68. The summed E-state index contributed by atoms with van der Waals surface area (Å²) in [5.74, 6) is -0.533. The van der Waals surface area contributed by atoms with Gasteiger partial charge in [0.05, 0.1) is 15.3 Å². The van der Waals surface area contributed by atoms with Gasteiger partial charge in [-0.1, -0.05) is 54.6 Å². The average Bonchev–Trinajstić information content (AvgIpc) is 3.23. The number of hydrogen-bond acceptors (Lipinski definition) is 10. The normalized spacial score (nSPS) is 13.5. The number of nitro benzene ring substituents is 1. The summed E-state index contributed by atoms with van der Waals surface area (Å²) in [6.45, 7) is 4.02. The monoisotopic (exact) mass is 826 g/mol. The third kappa shape index (κ3) is 9.18. The number of aromatic nitrogens is 2. The predicted molar refractivity (Wildman–Crippen MR) is 218 cm³/mol. The van der Waals surface area contributed by atoms with Gasteiger partial charge in [0, 0.05) is 69.6 Å². The van der Waals surface area contributed by atoms with Gasteiger partial charge in [-0.05, 0) is 71.3 Å². The Morgan fingerprint density at radius 3 is 2.25 bits per heavy atom. The van der Waals surface area contributed by atoms with E-state index in [0.29, 0.717) is 10.9 Å². The smallest absolute Gasteiger partial charge is 0.406 e. The molecule has 14 nitrogen and oxygen atoms in total. The lowest BCUT2D eigenvalue weighted by Gasteiger charge is -2.36. The number of ether oxygens (including phenoxy) is 1. The van der Waals surface area contributed by atoms with Crippen LogP contribution in [0.25, 0.3) is 22.0 Å². The molecule has 0 unspecified atom stereocenters. The molecule has 1 saturated heterocycles. The Morgan fingerprint density at radius 2 is 1.56 bits per heavy atom. The van der Waals surface area contributed by atoms with Crippen LogP contribution in [-0.4, -0.2) is 80.9 Å². The van der Waals surface area contributed by atoms with Gasteiger partial charge in [-0.2, -0.15) is 0 Å². The van der Waals surface area contributed by atoms with E-state index in [1.807, 2.05) is 30.3 Å². The van der Waals surface area contributed by atoms with Gasteiger partial charge in [0.2, 0.25) is 0 Å². The maximum Gasteiger partial charge on any atom is 0.573 e. The lowest BCUT2D eigenvalue weighted by Crippen LogP contribution is -2.46. The lowest BCUT2D eigenvalue weighted by molar-refractivity contribution is -0.384. The summed E-state index contributed by atoms with van der Waals surface area (Å²) in [4.78, 5) is 39.4. The number of halogens is 3. The van der Waals surface area contributed by atoms with Gasteiger partial charge in [0.1, 0.15) is 17.8 Å². The topological polar surface area (TPSA) is 154 Å². The Kier molecular flexibility index (Phi) is 11.4. The number of carbonyl (C=O) groups is 1. The van der Waals surface area contributed by atoms with Crippen molar-refractivity contribution in [1.29, 1.82) is 0 Å². The van der Waals surface area contributed by atoms with E-state index in [1.165, 1.54) is 49.2 Å². The molecule has 0 atom stereocenters. The van der Waals surface area contributed by atoms with Crippen molar-refractivity contribution >= 4 is 55.5 Å². The highest BCUT2D eigenvalue weighted by Gasteiger charge is 2.32. The van der Waals surface area contributed by atoms with Crippen molar-refractivity contribution in [1.82, 2.24) is 14.9 Å². The largest absolute Gasteiger partial charge is 0.573 e. The number of piperazine rings is 1. The van der Waals surface area contributed by atoms with Crippen molar-refractivity contribution in [2.24, 2.45) is 0 Å². The van der Waals surface area contributed by atoms with Gasteiger partial charge in [0.25, 0.3) is 15.7 Å². The van der Waals surface area contributed by atoms with Crippen LogP contribution in [0.15, 0.2) is 126 Å². The molecular weight excluding hydrogens is 790 g/mol. The molecule has 7 rings (SSSR count). The fourth-order valence-electron chi connectivity index (χ4n) is 6.88. The molecule has 0 saturated carbocycles. The Morgan fingerprint density at radius 1 is 0.864 bits per heavy atom. The minimum Gasteiger partial charge on any atom is -0.406 e. The van der Waals surface area contributed by atoms with E-state index < -0.39 is 43.7 Å². The summed E-state index contributed by atoms with van der Waals surface area (Å²) >= 11 is 0. The van der Waals surface area contributed by atoms with Crippen LogP contribution < -0.4 is 24.2 Å². The highest BCUT2D eigenvalue weighted by atomic mass is 32.2. The molecule has 5 aromatic carbocycles. The van der Waals surface area contributed by atoms with E-state index in [1.54, 1.807) is 6.07 Å². The molecule has 0 aliphatic carbocycles. The molecule has 0 radical (unpaired) electrons. The highest BCUT2D eigenvalue weighted by Crippen LogP contribution is 2.34. The summed E-state index contributed by atoms with van der Waals surface area (Å²) in [5, 5.41) is 12.6. The van der Waals surface area contributed by atoms with Crippen LogP contribution in [-0.2, 0) is 16.6 Å². The Hall–Kier alpha value is -6.79. The molecule has 1 N–H and O–H groups in total. The van der Waals surface area contributed by atoms with Crippen molar-refractivity contribution in [3.8, 4) is 16.9 Å². The number of nitrogens with zero attached hydrogens (tertiary/aromatic N) is 7. The zero-order chi connectivity index (χ0) is 41.9. The first kappa shape index (κ1) is 40.4. The molecule has 0 spiro atoms. The minimum absolute atomic E-state index is 0.0317. The van der Waals surface area contributed by atoms with Crippen molar-refractivity contribution in [3.05, 3.63) is 137 Å². The van der Waals surface area contributed by atoms with E-state index in [-0.39, 0.29) is 17.2 Å². The molecule has 18 heteroatoms. The molecule has 304 valence electrons. The summed E-state index contributed by atoms with van der Waals surface area (Å²) in [7, 11) is -1.90. The average molecular weight is 827 g/mol. The molecule has 1 aliphatic rings. The number of urea groups is 1. The number of fused-ring (bicyclic) bond motifs is 1. The quantitative estimate of drug-likeness (QED) is 0.101. The van der Waals surface area contributed by atoms with Crippen molar-refractivity contribution in [2.75, 3.05) is 59.7 Å². The number of alkyl halides is 3. The van der Waals surface area contributed by atoms with Gasteiger partial charge >= 0.3 is 12.4 Å². The zero-order valence-electron chi connectivity index (χ0n) is 31.7. The van der Waals surface area contributed by atoms with Crippen LogP contribution in [0.5, 0.6) is 5.75 Å². The Labute approximate surface area is 337 Å². The molecule has 0 bridgehead atoms. The fraction of sp³-hybridized carbons (Fsp3) is 0.195. The summed E-state index contributed by atoms with van der Waals surface area (Å²) in [6, 6.07) is 30.9. The number of rotatable bonds is 11. The number of sulfonamides is 1.